The zero-order valence-corrected chi connectivity index (χ0v) is 13.7. The molecule has 0 spiro atoms. The third kappa shape index (κ3) is 6.39. The molecule has 2 N–H and O–H groups in total. The molecule has 0 aliphatic heterocycles. The highest BCUT2D eigenvalue weighted by molar-refractivity contribution is 5.78. The van der Waals surface area contributed by atoms with Crippen LogP contribution in [0, 0.1) is 5.92 Å². The SMILES string of the molecule is CC(C)NC(C)(CCCN(C)C(C)C(C)C)C(=O)O. The molecule has 0 amide bonds. The minimum absolute atomic E-state index is 0.174. The lowest BCUT2D eigenvalue weighted by molar-refractivity contribution is -0.144. The van der Waals surface area contributed by atoms with Gasteiger partial charge in [-0.1, -0.05) is 13.8 Å². The number of carbonyl (C=O) groups is 1. The lowest BCUT2D eigenvalue weighted by Crippen LogP contribution is -2.52. The van der Waals surface area contributed by atoms with Gasteiger partial charge >= 0.3 is 5.97 Å². The molecule has 2 atom stereocenters. The van der Waals surface area contributed by atoms with Crippen LogP contribution in [0.15, 0.2) is 0 Å². The van der Waals surface area contributed by atoms with Crippen molar-refractivity contribution in [2.24, 2.45) is 5.92 Å². The Hall–Kier alpha value is -0.610. The number of hydrogen-bond acceptors (Lipinski definition) is 3. The van der Waals surface area contributed by atoms with E-state index in [-0.39, 0.29) is 6.04 Å². The van der Waals surface area contributed by atoms with Crippen LogP contribution in [0.4, 0.5) is 0 Å². The summed E-state index contributed by atoms with van der Waals surface area (Å²) in [5, 5.41) is 12.5. The highest BCUT2D eigenvalue weighted by Gasteiger charge is 2.32. The number of rotatable bonds is 9. The maximum absolute atomic E-state index is 11.4. The Morgan fingerprint density at radius 2 is 1.79 bits per heavy atom. The number of hydrogen-bond donors (Lipinski definition) is 2. The molecule has 0 aliphatic rings. The molecule has 0 aromatic carbocycles. The monoisotopic (exact) mass is 272 g/mol. The summed E-state index contributed by atoms with van der Waals surface area (Å²) in [4.78, 5) is 13.7. The molecule has 4 nitrogen and oxygen atoms in total. The molecule has 19 heavy (non-hydrogen) atoms. The van der Waals surface area contributed by atoms with Crippen molar-refractivity contribution in [2.75, 3.05) is 13.6 Å². The number of nitrogens with zero attached hydrogens (tertiary/aromatic N) is 1. The normalized spacial score (nSPS) is 16.9. The maximum Gasteiger partial charge on any atom is 0.323 e. The second-order valence-electron chi connectivity index (χ2n) is 6.51. The molecule has 0 heterocycles. The highest BCUT2D eigenvalue weighted by atomic mass is 16.4. The molecule has 4 heteroatoms. The van der Waals surface area contributed by atoms with Crippen LogP contribution in [0.25, 0.3) is 0 Å². The number of carboxylic acids is 1. The second kappa shape index (κ2) is 7.85. The average Bonchev–Trinajstić information content (AvgIpc) is 2.26. The summed E-state index contributed by atoms with van der Waals surface area (Å²) in [6.07, 6.45) is 1.53. The molecule has 2 unspecified atom stereocenters. The van der Waals surface area contributed by atoms with Gasteiger partial charge in [0.25, 0.3) is 0 Å². The fraction of sp³-hybridized carbons (Fsp3) is 0.933. The fourth-order valence-corrected chi connectivity index (χ4v) is 2.27. The van der Waals surface area contributed by atoms with Crippen molar-refractivity contribution in [1.29, 1.82) is 0 Å². The van der Waals surface area contributed by atoms with Crippen LogP contribution >= 0.6 is 0 Å². The second-order valence-corrected chi connectivity index (χ2v) is 6.51. The number of aliphatic carboxylic acids is 1. The van der Waals surface area contributed by atoms with Crippen LogP contribution < -0.4 is 5.32 Å². The van der Waals surface area contributed by atoms with E-state index < -0.39 is 11.5 Å². The van der Waals surface area contributed by atoms with Crippen molar-refractivity contribution in [2.45, 2.75) is 72.0 Å². The van der Waals surface area contributed by atoms with E-state index in [1.165, 1.54) is 0 Å². The minimum Gasteiger partial charge on any atom is -0.480 e. The van der Waals surface area contributed by atoms with Crippen molar-refractivity contribution in [3.63, 3.8) is 0 Å². The summed E-state index contributed by atoms with van der Waals surface area (Å²) in [6.45, 7) is 13.3. The van der Waals surface area contributed by atoms with Crippen LogP contribution in [-0.4, -0.2) is 47.2 Å². The number of nitrogens with one attached hydrogen (secondary N) is 1. The summed E-state index contributed by atoms with van der Waals surface area (Å²) >= 11 is 0. The van der Waals surface area contributed by atoms with E-state index in [1.54, 1.807) is 6.92 Å². The lowest BCUT2D eigenvalue weighted by Gasteiger charge is -2.31. The molecule has 0 aromatic heterocycles. The summed E-state index contributed by atoms with van der Waals surface area (Å²) in [5.41, 5.74) is -0.823. The molecule has 0 radical (unpaired) electrons. The van der Waals surface area contributed by atoms with Crippen molar-refractivity contribution < 1.29 is 9.90 Å². The Morgan fingerprint density at radius 1 is 1.26 bits per heavy atom. The molecule has 0 saturated heterocycles. The van der Waals surface area contributed by atoms with Crippen molar-refractivity contribution in [3.8, 4) is 0 Å². The Kier molecular flexibility index (Phi) is 7.60. The van der Waals surface area contributed by atoms with E-state index in [4.69, 9.17) is 0 Å². The van der Waals surface area contributed by atoms with Gasteiger partial charge in [0.2, 0.25) is 0 Å². The first kappa shape index (κ1) is 18.4. The van der Waals surface area contributed by atoms with Gasteiger partial charge in [-0.25, -0.2) is 0 Å². The van der Waals surface area contributed by atoms with E-state index in [0.717, 1.165) is 13.0 Å². The van der Waals surface area contributed by atoms with E-state index in [1.807, 2.05) is 13.8 Å². The van der Waals surface area contributed by atoms with E-state index in [0.29, 0.717) is 18.4 Å². The van der Waals surface area contributed by atoms with E-state index >= 15 is 0 Å². The fourth-order valence-electron chi connectivity index (χ4n) is 2.27. The molecule has 0 aromatic rings. The van der Waals surface area contributed by atoms with E-state index in [9.17, 15) is 9.90 Å². The summed E-state index contributed by atoms with van der Waals surface area (Å²) in [5.74, 6) is -0.148. The third-order valence-corrected chi connectivity index (χ3v) is 3.93. The lowest BCUT2D eigenvalue weighted by atomic mass is 9.94. The molecular formula is C15H32N2O2. The highest BCUT2D eigenvalue weighted by Crippen LogP contribution is 2.16. The van der Waals surface area contributed by atoms with Gasteiger partial charge < -0.3 is 10.0 Å². The van der Waals surface area contributed by atoms with Gasteiger partial charge in [0.1, 0.15) is 5.54 Å². The van der Waals surface area contributed by atoms with Gasteiger partial charge in [0.15, 0.2) is 0 Å². The van der Waals surface area contributed by atoms with Gasteiger partial charge in [0.05, 0.1) is 0 Å². The molecule has 0 rings (SSSR count). The Balaban J connectivity index is 4.32. The van der Waals surface area contributed by atoms with Gasteiger partial charge in [-0.05, 0) is 60.0 Å². The zero-order valence-electron chi connectivity index (χ0n) is 13.7. The van der Waals surface area contributed by atoms with Gasteiger partial charge in [-0.15, -0.1) is 0 Å². The standard InChI is InChI=1S/C15H32N2O2/c1-11(2)13(5)17(7)10-8-9-15(6,14(18)19)16-12(3)4/h11-13,16H,8-10H2,1-7H3,(H,18,19). The molecule has 0 fully saturated rings. The average molecular weight is 272 g/mol. The van der Waals surface area contributed by atoms with Crippen LogP contribution in [-0.2, 0) is 4.79 Å². The number of carboxylic acid groups (broad SMARTS) is 1. The van der Waals surface area contributed by atoms with Crippen LogP contribution in [0.3, 0.4) is 0 Å². The van der Waals surface area contributed by atoms with Crippen LogP contribution in [0.5, 0.6) is 0 Å². The molecule has 0 saturated carbocycles. The smallest absolute Gasteiger partial charge is 0.323 e. The predicted molar refractivity (Wildman–Crippen MR) is 80.5 cm³/mol. The minimum atomic E-state index is -0.823. The first-order chi connectivity index (χ1) is 8.60. The predicted octanol–water partition coefficient (Wildman–Crippen LogP) is 2.58. The topological polar surface area (TPSA) is 52.6 Å². The van der Waals surface area contributed by atoms with Gasteiger partial charge in [-0.2, -0.15) is 0 Å². The molecule has 0 bridgehead atoms. The first-order valence-electron chi connectivity index (χ1n) is 7.31. The van der Waals surface area contributed by atoms with Crippen molar-refractivity contribution >= 4 is 5.97 Å². The Labute approximate surface area is 118 Å². The van der Waals surface area contributed by atoms with E-state index in [2.05, 4.69) is 38.0 Å². The quantitative estimate of drug-likeness (QED) is 0.677. The molecule has 114 valence electrons. The zero-order chi connectivity index (χ0) is 15.2. The van der Waals surface area contributed by atoms with Crippen molar-refractivity contribution in [1.82, 2.24) is 10.2 Å². The Bertz CT molecular complexity index is 279. The van der Waals surface area contributed by atoms with Gasteiger partial charge in [-0.3, -0.25) is 10.1 Å². The molecular weight excluding hydrogens is 240 g/mol. The van der Waals surface area contributed by atoms with Crippen LogP contribution in [0.1, 0.15) is 54.4 Å². The van der Waals surface area contributed by atoms with Crippen molar-refractivity contribution in [3.05, 3.63) is 0 Å². The summed E-state index contributed by atoms with van der Waals surface area (Å²) in [7, 11) is 2.11. The van der Waals surface area contributed by atoms with Crippen LogP contribution in [0.2, 0.25) is 0 Å². The molecule has 0 aliphatic carbocycles. The largest absolute Gasteiger partial charge is 0.480 e. The summed E-state index contributed by atoms with van der Waals surface area (Å²) < 4.78 is 0. The Morgan fingerprint density at radius 3 is 2.16 bits per heavy atom. The maximum atomic E-state index is 11.4. The third-order valence-electron chi connectivity index (χ3n) is 3.93. The van der Waals surface area contributed by atoms with Gasteiger partial charge in [0, 0.05) is 12.1 Å². The summed E-state index contributed by atoms with van der Waals surface area (Å²) in [6, 6.07) is 0.697. The first-order valence-corrected chi connectivity index (χ1v) is 7.31.